The number of carbonyl (C=O) groups is 2. The molecule has 0 aromatic heterocycles. The summed E-state index contributed by atoms with van der Waals surface area (Å²) in [5, 5.41) is 17.4. The first-order valence-corrected chi connectivity index (χ1v) is 19.2. The van der Waals surface area contributed by atoms with Crippen molar-refractivity contribution >= 4 is 47.0 Å². The maximum atomic E-state index is 13.9. The minimum atomic E-state index is -1.03. The van der Waals surface area contributed by atoms with Crippen molar-refractivity contribution in [3.05, 3.63) is 107 Å². The maximum Gasteiger partial charge on any atom is 0.260 e. The molecule has 296 valence electrons. The van der Waals surface area contributed by atoms with Crippen molar-refractivity contribution < 1.29 is 43.1 Å². The van der Waals surface area contributed by atoms with Gasteiger partial charge in [0.25, 0.3) is 11.8 Å². The molecular weight excluding hydrogens is 749 g/mol. The lowest BCUT2D eigenvalue weighted by atomic mass is 10.0. The van der Waals surface area contributed by atoms with E-state index in [0.717, 1.165) is 33.8 Å². The first-order chi connectivity index (χ1) is 27.7. The molecule has 4 aromatic carbocycles. The fourth-order valence-corrected chi connectivity index (χ4v) is 8.08. The molecule has 0 saturated heterocycles. The third-order valence-electron chi connectivity index (χ3n) is 10.8. The summed E-state index contributed by atoms with van der Waals surface area (Å²) < 4.78 is 34.2. The van der Waals surface area contributed by atoms with Crippen LogP contribution in [0.4, 0.5) is 11.4 Å². The van der Waals surface area contributed by atoms with Crippen LogP contribution < -0.4 is 39.1 Å². The van der Waals surface area contributed by atoms with Crippen LogP contribution in [0.25, 0.3) is 11.1 Å². The topological polar surface area (TPSA) is 140 Å². The van der Waals surface area contributed by atoms with E-state index >= 15 is 0 Å². The maximum absolute atomic E-state index is 13.9. The van der Waals surface area contributed by atoms with E-state index in [1.165, 1.54) is 14.2 Å². The van der Waals surface area contributed by atoms with E-state index in [1.54, 1.807) is 54.5 Å². The van der Waals surface area contributed by atoms with Crippen LogP contribution in [0.15, 0.2) is 85.2 Å². The Balaban J connectivity index is 0.920. The molecule has 0 saturated carbocycles. The molecule has 0 aliphatic carbocycles. The lowest BCUT2D eigenvalue weighted by molar-refractivity contribution is 0.0644. The number of carbonyl (C=O) groups excluding carboxylic acids is 2. The molecular formula is C43H44N4O9S. The van der Waals surface area contributed by atoms with Crippen LogP contribution in [0.1, 0.15) is 51.1 Å². The number of hydrogen-bond donors (Lipinski definition) is 4. The number of fused-ring (bicyclic) bond motifs is 4. The van der Waals surface area contributed by atoms with Crippen LogP contribution in [0.2, 0.25) is 0 Å². The van der Waals surface area contributed by atoms with E-state index in [0.29, 0.717) is 64.8 Å². The molecule has 0 spiro atoms. The van der Waals surface area contributed by atoms with Gasteiger partial charge in [0.2, 0.25) is 0 Å². The van der Waals surface area contributed by atoms with Crippen LogP contribution in [0.5, 0.6) is 34.5 Å². The Hall–Kier alpha value is -5.99. The van der Waals surface area contributed by atoms with Crippen LogP contribution in [0.3, 0.4) is 0 Å². The summed E-state index contributed by atoms with van der Waals surface area (Å²) in [6.07, 6.45) is 4.27. The van der Waals surface area contributed by atoms with E-state index in [9.17, 15) is 14.7 Å². The number of aliphatic hydroxyl groups is 1. The largest absolute Gasteiger partial charge is 0.497 e. The number of aliphatic hydroxyl groups excluding tert-OH is 1. The number of hydrogen-bond acceptors (Lipinski definition) is 12. The summed E-state index contributed by atoms with van der Waals surface area (Å²) in [7, 11) is 6.30. The molecule has 14 heteroatoms. The van der Waals surface area contributed by atoms with E-state index in [4.69, 9.17) is 41.0 Å². The molecule has 3 N–H and O–H groups in total. The highest BCUT2D eigenvalue weighted by Gasteiger charge is 2.41. The highest BCUT2D eigenvalue weighted by Crippen LogP contribution is 2.43. The normalized spacial score (nSPS) is 20.7. The van der Waals surface area contributed by atoms with Crippen molar-refractivity contribution in [3.8, 4) is 34.5 Å². The Kier molecular flexibility index (Phi) is 10.6. The zero-order valence-electron chi connectivity index (χ0n) is 32.0. The van der Waals surface area contributed by atoms with Crippen molar-refractivity contribution in [2.75, 3.05) is 52.3 Å². The number of nitrogens with zero attached hydrogens (tertiary/aromatic N) is 2. The van der Waals surface area contributed by atoms with Gasteiger partial charge < -0.3 is 54.0 Å². The minimum absolute atomic E-state index is 0.158. The summed E-state index contributed by atoms with van der Waals surface area (Å²) in [6, 6.07) is 21.5. The van der Waals surface area contributed by atoms with Gasteiger partial charge in [-0.25, -0.2) is 0 Å². The Labute approximate surface area is 336 Å². The molecule has 13 nitrogen and oxygen atoms in total. The van der Waals surface area contributed by atoms with Gasteiger partial charge in [-0.15, -0.1) is 0 Å². The number of benzene rings is 4. The number of rotatable bonds is 12. The molecule has 0 fully saturated rings. The molecule has 2 unspecified atom stereocenters. The predicted octanol–water partition coefficient (Wildman–Crippen LogP) is 6.51. The number of ether oxygens (including phenoxy) is 6. The second-order valence-corrected chi connectivity index (χ2v) is 14.6. The molecule has 4 aliphatic rings. The van der Waals surface area contributed by atoms with Gasteiger partial charge in [-0.2, -0.15) is 12.6 Å². The number of anilines is 2. The minimum Gasteiger partial charge on any atom is -0.497 e. The van der Waals surface area contributed by atoms with E-state index in [-0.39, 0.29) is 36.4 Å². The molecule has 4 aromatic rings. The molecule has 0 bridgehead atoms. The van der Waals surface area contributed by atoms with Crippen LogP contribution >= 0.6 is 12.6 Å². The Morgan fingerprint density at radius 1 is 0.632 bits per heavy atom. The highest BCUT2D eigenvalue weighted by molar-refractivity contribution is 7.81. The quantitative estimate of drug-likeness (QED) is 0.0923. The first-order valence-electron chi connectivity index (χ1n) is 18.6. The number of methoxy groups -OCH3 is 4. The average Bonchev–Trinajstić information content (AvgIpc) is 3.86. The van der Waals surface area contributed by atoms with Crippen molar-refractivity contribution in [3.63, 3.8) is 0 Å². The summed E-state index contributed by atoms with van der Waals surface area (Å²) in [4.78, 5) is 31.1. The molecule has 4 aliphatic heterocycles. The van der Waals surface area contributed by atoms with Crippen molar-refractivity contribution in [1.82, 2.24) is 9.80 Å². The number of thiol groups is 1. The Bertz CT molecular complexity index is 2090. The van der Waals surface area contributed by atoms with Crippen LogP contribution in [-0.4, -0.2) is 92.1 Å². The van der Waals surface area contributed by atoms with Gasteiger partial charge in [-0.3, -0.25) is 9.59 Å². The zero-order valence-corrected chi connectivity index (χ0v) is 32.9. The summed E-state index contributed by atoms with van der Waals surface area (Å²) >= 11 is 4.87. The second kappa shape index (κ2) is 15.9. The Morgan fingerprint density at radius 2 is 1.09 bits per heavy atom. The van der Waals surface area contributed by atoms with E-state index < -0.39 is 12.3 Å². The van der Waals surface area contributed by atoms with Crippen molar-refractivity contribution in [2.24, 2.45) is 0 Å². The summed E-state index contributed by atoms with van der Waals surface area (Å²) in [6.45, 7) is 0.537. The van der Waals surface area contributed by atoms with Crippen LogP contribution in [-0.2, 0) is 0 Å². The SMILES string of the molecule is COc1ccc(C2=CN3C(=O)c4cc(OC)c(OCCCOc5cc6c(cc5OC)C(=O)N5C=C(c7ccc(OC)cc7)C[C@H]5C(S)N6)cc4NC(O)[C@@H]3C2)cc1. The van der Waals surface area contributed by atoms with Crippen molar-refractivity contribution in [1.29, 1.82) is 0 Å². The molecule has 2 amide bonds. The van der Waals surface area contributed by atoms with Gasteiger partial charge in [0.05, 0.1) is 81.6 Å². The lowest BCUT2D eigenvalue weighted by Crippen LogP contribution is -2.42. The first kappa shape index (κ1) is 37.9. The fourth-order valence-electron chi connectivity index (χ4n) is 7.69. The molecule has 4 atom stereocenters. The third-order valence-corrected chi connectivity index (χ3v) is 11.2. The second-order valence-electron chi connectivity index (χ2n) is 14.1. The highest BCUT2D eigenvalue weighted by atomic mass is 32.1. The zero-order chi connectivity index (χ0) is 39.8. The average molecular weight is 793 g/mol. The van der Waals surface area contributed by atoms with Gasteiger partial charge in [-0.05, 0) is 71.5 Å². The third kappa shape index (κ3) is 7.26. The Morgan fingerprint density at radius 3 is 1.56 bits per heavy atom. The molecule has 0 radical (unpaired) electrons. The van der Waals surface area contributed by atoms with Gasteiger partial charge >= 0.3 is 0 Å². The number of amides is 2. The lowest BCUT2D eigenvalue weighted by Gasteiger charge is -2.25. The van der Waals surface area contributed by atoms with Gasteiger partial charge in [0, 0.05) is 31.0 Å². The van der Waals surface area contributed by atoms with Crippen molar-refractivity contribution in [2.45, 2.75) is 42.9 Å². The van der Waals surface area contributed by atoms with Gasteiger partial charge in [0.1, 0.15) is 17.7 Å². The summed E-state index contributed by atoms with van der Waals surface area (Å²) in [5.41, 5.74) is 5.81. The van der Waals surface area contributed by atoms with Crippen LogP contribution in [0, 0.1) is 0 Å². The molecule has 57 heavy (non-hydrogen) atoms. The molecule has 4 heterocycles. The van der Waals surface area contributed by atoms with Gasteiger partial charge in [0.15, 0.2) is 23.0 Å². The molecule has 8 rings (SSSR count). The number of nitrogens with one attached hydrogen (secondary N) is 2. The standard InChI is InChI=1S/C43H44N4O9S/c1-51-28-10-6-24(7-11-28)26-16-34-40(48)44-32-20-38(36(53-3)18-30(32)42(49)46(34)22-26)55-14-5-15-56-39-21-33-31(19-37(39)54-4)43(50)47-23-27(17-35(47)41(57)45-33)25-8-12-29(52-2)13-9-25/h6-13,18-23,34-35,40-41,44-45,48,57H,5,14-17H2,1-4H3/t34-,35-,40?,41?/m0/s1. The fraction of sp³-hybridized carbons (Fsp3) is 0.302. The predicted molar refractivity (Wildman–Crippen MR) is 219 cm³/mol. The monoisotopic (exact) mass is 792 g/mol. The van der Waals surface area contributed by atoms with E-state index in [1.807, 2.05) is 54.7 Å². The van der Waals surface area contributed by atoms with E-state index in [2.05, 4.69) is 10.6 Å². The summed E-state index contributed by atoms with van der Waals surface area (Å²) in [5.74, 6) is 2.78. The van der Waals surface area contributed by atoms with Gasteiger partial charge in [-0.1, -0.05) is 24.3 Å². The smallest absolute Gasteiger partial charge is 0.260 e.